The lowest BCUT2D eigenvalue weighted by molar-refractivity contribution is -0.138. The Labute approximate surface area is 193 Å². The minimum Gasteiger partial charge on any atom is -0.381 e. The summed E-state index contributed by atoms with van der Waals surface area (Å²) < 4.78 is 50.7. The SMILES string of the molecule is O=C(C[C@@H]1OC[C@H]2CN(Cc3cccc(C(F)(F)F)c3)CC[C@H]21)N1CCC2(CCOC2)CC1. The Bertz CT molecular complexity index is 846. The molecule has 1 amide bonds. The third-order valence-electron chi connectivity index (χ3n) is 8.28. The average molecular weight is 467 g/mol. The van der Waals surface area contributed by atoms with Crippen LogP contribution >= 0.6 is 0 Å². The number of halogens is 3. The lowest BCUT2D eigenvalue weighted by atomic mass is 9.78. The highest BCUT2D eigenvalue weighted by atomic mass is 19.4. The molecule has 3 atom stereocenters. The summed E-state index contributed by atoms with van der Waals surface area (Å²) in [7, 11) is 0. The quantitative estimate of drug-likeness (QED) is 0.674. The van der Waals surface area contributed by atoms with Crippen molar-refractivity contribution in [3.8, 4) is 0 Å². The maximum absolute atomic E-state index is 13.0. The Balaban J connectivity index is 1.11. The normalized spacial score (nSPS) is 30.0. The van der Waals surface area contributed by atoms with Gasteiger partial charge in [0.1, 0.15) is 0 Å². The molecule has 0 aromatic heterocycles. The summed E-state index contributed by atoms with van der Waals surface area (Å²) in [5.74, 6) is 0.884. The number of nitrogens with zero attached hydrogens (tertiary/aromatic N) is 2. The molecule has 0 aliphatic carbocycles. The highest BCUT2D eigenvalue weighted by Gasteiger charge is 2.43. The van der Waals surface area contributed by atoms with E-state index in [1.165, 1.54) is 12.1 Å². The number of hydrogen-bond donors (Lipinski definition) is 0. The number of carbonyl (C=O) groups is 1. The number of likely N-dealkylation sites (tertiary alicyclic amines) is 2. The molecule has 0 saturated carbocycles. The van der Waals surface area contributed by atoms with Crippen molar-refractivity contribution in [1.29, 1.82) is 0 Å². The highest BCUT2D eigenvalue weighted by molar-refractivity contribution is 5.77. The highest BCUT2D eigenvalue weighted by Crippen LogP contribution is 2.40. The van der Waals surface area contributed by atoms with Gasteiger partial charge in [0.05, 0.1) is 31.3 Å². The molecule has 4 fully saturated rings. The van der Waals surface area contributed by atoms with E-state index in [1.54, 1.807) is 6.07 Å². The minimum atomic E-state index is -4.32. The smallest absolute Gasteiger partial charge is 0.381 e. The molecular formula is C25H33F3N2O3. The molecule has 0 radical (unpaired) electrons. The maximum atomic E-state index is 13.0. The zero-order chi connectivity index (χ0) is 23.1. The molecule has 1 spiro atoms. The van der Waals surface area contributed by atoms with E-state index in [0.717, 1.165) is 71.1 Å². The number of alkyl halides is 3. The first-order valence-corrected chi connectivity index (χ1v) is 12.2. The minimum absolute atomic E-state index is 0.0380. The second kappa shape index (κ2) is 9.19. The number of carbonyl (C=O) groups excluding carboxylic acids is 1. The Morgan fingerprint density at radius 3 is 2.70 bits per heavy atom. The Morgan fingerprint density at radius 1 is 1.15 bits per heavy atom. The molecule has 4 aliphatic heterocycles. The van der Waals surface area contributed by atoms with Crippen LogP contribution in [-0.4, -0.2) is 67.8 Å². The van der Waals surface area contributed by atoms with Crippen LogP contribution in [0.25, 0.3) is 0 Å². The lowest BCUT2D eigenvalue weighted by Gasteiger charge is -2.39. The van der Waals surface area contributed by atoms with Crippen molar-refractivity contribution in [1.82, 2.24) is 9.80 Å². The van der Waals surface area contributed by atoms with Gasteiger partial charge in [-0.25, -0.2) is 0 Å². The van der Waals surface area contributed by atoms with Gasteiger partial charge >= 0.3 is 6.18 Å². The fourth-order valence-corrected chi connectivity index (χ4v) is 6.20. The molecule has 5 rings (SSSR count). The average Bonchev–Trinajstić information content (AvgIpc) is 3.41. The molecule has 8 heteroatoms. The van der Waals surface area contributed by atoms with Crippen molar-refractivity contribution in [2.24, 2.45) is 17.3 Å². The van der Waals surface area contributed by atoms with Crippen LogP contribution in [0.15, 0.2) is 24.3 Å². The van der Waals surface area contributed by atoms with Gasteiger partial charge in [0.25, 0.3) is 0 Å². The Morgan fingerprint density at radius 2 is 1.97 bits per heavy atom. The summed E-state index contributed by atoms with van der Waals surface area (Å²) >= 11 is 0. The zero-order valence-electron chi connectivity index (χ0n) is 19.0. The lowest BCUT2D eigenvalue weighted by Crippen LogP contribution is -2.45. The van der Waals surface area contributed by atoms with Crippen LogP contribution in [0.2, 0.25) is 0 Å². The van der Waals surface area contributed by atoms with Gasteiger partial charge < -0.3 is 14.4 Å². The van der Waals surface area contributed by atoms with Gasteiger partial charge in [-0.1, -0.05) is 18.2 Å². The second-order valence-corrected chi connectivity index (χ2v) is 10.4. The monoisotopic (exact) mass is 466 g/mol. The molecule has 33 heavy (non-hydrogen) atoms. The van der Waals surface area contributed by atoms with Crippen LogP contribution in [-0.2, 0) is 27.0 Å². The van der Waals surface area contributed by atoms with Gasteiger partial charge in [-0.2, -0.15) is 13.2 Å². The van der Waals surface area contributed by atoms with E-state index in [0.29, 0.717) is 37.0 Å². The molecule has 4 saturated heterocycles. The molecule has 4 aliphatic rings. The summed E-state index contributed by atoms with van der Waals surface area (Å²) in [5, 5.41) is 0. The van der Waals surface area contributed by atoms with Gasteiger partial charge in [0, 0.05) is 38.7 Å². The predicted molar refractivity (Wildman–Crippen MR) is 116 cm³/mol. The van der Waals surface area contributed by atoms with Crippen LogP contribution in [0.4, 0.5) is 13.2 Å². The van der Waals surface area contributed by atoms with E-state index in [4.69, 9.17) is 9.47 Å². The summed E-state index contributed by atoms with van der Waals surface area (Å²) in [4.78, 5) is 17.2. The molecule has 182 valence electrons. The standard InChI is InChI=1S/C25H33F3N2O3/c26-25(27,28)20-3-1-2-18(12-20)14-29-8-4-21-19(15-29)16-33-22(21)13-23(31)30-9-5-24(6-10-30)7-11-32-17-24/h1-3,12,19,21-22H,4-11,13-17H2/t19-,21-,22+/m1/s1. The predicted octanol–water partition coefficient (Wildman–Crippen LogP) is 3.96. The molecule has 4 heterocycles. The van der Waals surface area contributed by atoms with Crippen molar-refractivity contribution in [3.63, 3.8) is 0 Å². The molecule has 0 N–H and O–H groups in total. The van der Waals surface area contributed by atoms with Crippen LogP contribution in [0.3, 0.4) is 0 Å². The van der Waals surface area contributed by atoms with Crippen molar-refractivity contribution >= 4 is 5.91 Å². The second-order valence-electron chi connectivity index (χ2n) is 10.4. The fourth-order valence-electron chi connectivity index (χ4n) is 6.20. The van der Waals surface area contributed by atoms with Crippen LogP contribution in [0.1, 0.15) is 43.2 Å². The molecule has 5 nitrogen and oxygen atoms in total. The van der Waals surface area contributed by atoms with Crippen molar-refractivity contribution < 1.29 is 27.4 Å². The van der Waals surface area contributed by atoms with Gasteiger partial charge in [-0.05, 0) is 55.2 Å². The van der Waals surface area contributed by atoms with Crippen LogP contribution in [0, 0.1) is 17.3 Å². The molecule has 1 aromatic rings. The number of fused-ring (bicyclic) bond motifs is 1. The molecular weight excluding hydrogens is 433 g/mol. The first-order chi connectivity index (χ1) is 15.8. The Kier molecular flexibility index (Phi) is 6.44. The summed E-state index contributed by atoms with van der Waals surface area (Å²) in [6.07, 6.45) is 0.176. The van der Waals surface area contributed by atoms with Gasteiger partial charge in [-0.3, -0.25) is 9.69 Å². The first-order valence-electron chi connectivity index (χ1n) is 12.2. The molecule has 0 unspecified atom stereocenters. The van der Waals surface area contributed by atoms with Crippen molar-refractivity contribution in [2.75, 3.05) is 46.0 Å². The number of benzene rings is 1. The van der Waals surface area contributed by atoms with Gasteiger partial charge in [-0.15, -0.1) is 0 Å². The van der Waals surface area contributed by atoms with Crippen molar-refractivity contribution in [2.45, 2.75) is 50.9 Å². The van der Waals surface area contributed by atoms with E-state index >= 15 is 0 Å². The van der Waals surface area contributed by atoms with Gasteiger partial charge in [0.2, 0.25) is 5.91 Å². The summed E-state index contributed by atoms with van der Waals surface area (Å²) in [5.41, 5.74) is 0.379. The fraction of sp³-hybridized carbons (Fsp3) is 0.720. The van der Waals surface area contributed by atoms with E-state index in [9.17, 15) is 18.0 Å². The number of rotatable bonds is 4. The third-order valence-corrected chi connectivity index (χ3v) is 8.28. The Hall–Kier alpha value is -1.64. The van der Waals surface area contributed by atoms with Crippen molar-refractivity contribution in [3.05, 3.63) is 35.4 Å². The summed E-state index contributed by atoms with van der Waals surface area (Å²) in [6, 6.07) is 5.60. The molecule has 0 bridgehead atoms. The van der Waals surface area contributed by atoms with E-state index in [2.05, 4.69) is 4.90 Å². The number of amides is 1. The number of ether oxygens (including phenoxy) is 2. The first kappa shape index (κ1) is 23.1. The van der Waals surface area contributed by atoms with E-state index in [1.807, 2.05) is 4.90 Å². The maximum Gasteiger partial charge on any atom is 0.416 e. The largest absolute Gasteiger partial charge is 0.416 e. The third kappa shape index (κ3) is 5.08. The molecule has 1 aromatic carbocycles. The number of piperidine rings is 2. The zero-order valence-corrected chi connectivity index (χ0v) is 19.0. The number of hydrogen-bond acceptors (Lipinski definition) is 4. The summed E-state index contributed by atoms with van der Waals surface area (Å²) in [6.45, 7) is 6.06. The van der Waals surface area contributed by atoms with Crippen LogP contribution in [0.5, 0.6) is 0 Å². The van der Waals surface area contributed by atoms with Gasteiger partial charge in [0.15, 0.2) is 0 Å². The van der Waals surface area contributed by atoms with E-state index < -0.39 is 11.7 Å². The topological polar surface area (TPSA) is 42.0 Å². The van der Waals surface area contributed by atoms with E-state index in [-0.39, 0.29) is 17.4 Å². The van der Waals surface area contributed by atoms with Crippen LogP contribution < -0.4 is 0 Å².